The molecule has 0 bridgehead atoms. The Hall–Kier alpha value is -2.56. The molecule has 1 aromatic heterocycles. The molecule has 7 nitrogen and oxygen atoms in total. The van der Waals surface area contributed by atoms with E-state index in [2.05, 4.69) is 25.7 Å². The van der Waals surface area contributed by atoms with Crippen molar-refractivity contribution in [2.24, 2.45) is 11.3 Å². The van der Waals surface area contributed by atoms with Crippen molar-refractivity contribution in [1.82, 2.24) is 30.4 Å². The lowest BCUT2D eigenvalue weighted by Crippen LogP contribution is -2.45. The van der Waals surface area contributed by atoms with E-state index in [-0.39, 0.29) is 36.0 Å². The maximum absolute atomic E-state index is 13.7. The highest BCUT2D eigenvalue weighted by atomic mass is 19.4. The van der Waals surface area contributed by atoms with Crippen LogP contribution in [0.2, 0.25) is 0 Å². The smallest absolute Gasteiger partial charge is 0.352 e. The highest BCUT2D eigenvalue weighted by Gasteiger charge is 2.49. The minimum atomic E-state index is -4.64. The van der Waals surface area contributed by atoms with Crippen LogP contribution in [0.25, 0.3) is 0 Å². The molecule has 1 aliphatic carbocycles. The van der Waals surface area contributed by atoms with E-state index in [0.717, 1.165) is 44.5 Å². The molecule has 0 spiro atoms. The van der Waals surface area contributed by atoms with Gasteiger partial charge in [0.05, 0.1) is 17.0 Å². The van der Waals surface area contributed by atoms with Gasteiger partial charge in [-0.25, -0.2) is 9.07 Å². The molecule has 1 aromatic carbocycles. The summed E-state index contributed by atoms with van der Waals surface area (Å²) in [5, 5.41) is 14.2. The number of amides is 1. The molecule has 0 radical (unpaired) electrons. The Morgan fingerprint density at radius 3 is 2.53 bits per heavy atom. The zero-order chi connectivity index (χ0) is 24.5. The van der Waals surface area contributed by atoms with Crippen LogP contribution in [0.4, 0.5) is 17.6 Å². The first-order valence-corrected chi connectivity index (χ1v) is 11.7. The van der Waals surface area contributed by atoms with E-state index in [1.165, 1.54) is 0 Å². The van der Waals surface area contributed by atoms with E-state index in [0.29, 0.717) is 18.9 Å². The van der Waals surface area contributed by atoms with Crippen LogP contribution in [0.5, 0.6) is 0 Å². The van der Waals surface area contributed by atoms with Crippen molar-refractivity contribution in [3.05, 3.63) is 41.5 Å². The van der Waals surface area contributed by atoms with Crippen LogP contribution in [-0.4, -0.2) is 50.1 Å². The minimum absolute atomic E-state index is 0.0644. The molecular formula is C23H30F4N6O. The number of carbonyl (C=O) groups is 1. The van der Waals surface area contributed by atoms with Gasteiger partial charge in [0.1, 0.15) is 12.1 Å². The van der Waals surface area contributed by atoms with Crippen LogP contribution in [0.1, 0.15) is 63.1 Å². The standard InChI is InChI=1S/C23H30F4N6O/c1-15(2)22(21(34)28-13-16-9-17(23(25,26)27)11-18(24)10-16)6-3-20(12-22)32-7-4-19(5-8-32)33-14-29-30-31-33/h9-11,14-15,19-20H,3-8,12-13H2,1-2H3,(H,28,34)/t20-,22+/m1/s1. The van der Waals surface area contributed by atoms with Crippen LogP contribution < -0.4 is 5.32 Å². The van der Waals surface area contributed by atoms with E-state index in [1.54, 1.807) is 11.0 Å². The number of hydrogen-bond acceptors (Lipinski definition) is 5. The average Bonchev–Trinajstić information content (AvgIpc) is 3.48. The summed E-state index contributed by atoms with van der Waals surface area (Å²) >= 11 is 0. The maximum atomic E-state index is 13.7. The molecule has 2 atom stereocenters. The fourth-order valence-corrected chi connectivity index (χ4v) is 5.48. The Kier molecular flexibility index (Phi) is 6.93. The lowest BCUT2D eigenvalue weighted by Gasteiger charge is -2.37. The fourth-order valence-electron chi connectivity index (χ4n) is 5.48. The topological polar surface area (TPSA) is 75.9 Å². The van der Waals surface area contributed by atoms with Crippen LogP contribution in [0.3, 0.4) is 0 Å². The van der Waals surface area contributed by atoms with Crippen LogP contribution >= 0.6 is 0 Å². The number of halogens is 4. The molecule has 1 aliphatic heterocycles. The predicted molar refractivity (Wildman–Crippen MR) is 116 cm³/mol. The van der Waals surface area contributed by atoms with E-state index in [4.69, 9.17) is 0 Å². The number of nitrogens with zero attached hydrogens (tertiary/aromatic N) is 5. The van der Waals surface area contributed by atoms with Gasteiger partial charge in [-0.3, -0.25) is 4.79 Å². The molecule has 1 N–H and O–H groups in total. The number of piperidine rings is 1. The third-order valence-corrected chi connectivity index (χ3v) is 7.57. The van der Waals surface area contributed by atoms with E-state index in [1.807, 2.05) is 13.8 Å². The first kappa shape index (κ1) is 24.6. The zero-order valence-corrected chi connectivity index (χ0v) is 19.4. The Morgan fingerprint density at radius 1 is 1.18 bits per heavy atom. The molecule has 0 unspecified atom stereocenters. The molecule has 4 rings (SSSR count). The summed E-state index contributed by atoms with van der Waals surface area (Å²) < 4.78 is 54.6. The molecule has 1 saturated carbocycles. The lowest BCUT2D eigenvalue weighted by molar-refractivity contribution is -0.137. The molecule has 1 amide bonds. The second-order valence-electron chi connectivity index (χ2n) is 9.79. The molecule has 1 saturated heterocycles. The Labute approximate surface area is 195 Å². The molecule has 11 heteroatoms. The van der Waals surface area contributed by atoms with Gasteiger partial charge in [0, 0.05) is 25.7 Å². The van der Waals surface area contributed by atoms with Gasteiger partial charge >= 0.3 is 6.18 Å². The molecule has 2 aromatic rings. The van der Waals surface area contributed by atoms with Gasteiger partial charge in [-0.05, 0) is 72.2 Å². The third kappa shape index (κ3) is 5.08. The van der Waals surface area contributed by atoms with Gasteiger partial charge in [-0.1, -0.05) is 13.8 Å². The fraction of sp³-hybridized carbons (Fsp3) is 0.652. The van der Waals surface area contributed by atoms with Crippen molar-refractivity contribution in [2.45, 2.75) is 70.8 Å². The Bertz CT molecular complexity index is 988. The molecule has 2 aliphatic rings. The second kappa shape index (κ2) is 9.59. The zero-order valence-electron chi connectivity index (χ0n) is 19.4. The highest BCUT2D eigenvalue weighted by molar-refractivity contribution is 5.83. The summed E-state index contributed by atoms with van der Waals surface area (Å²) in [4.78, 5) is 15.7. The second-order valence-corrected chi connectivity index (χ2v) is 9.79. The van der Waals surface area contributed by atoms with Gasteiger partial charge in [0.15, 0.2) is 0 Å². The molecule has 2 fully saturated rings. The number of nitrogens with one attached hydrogen (secondary N) is 1. The van der Waals surface area contributed by atoms with E-state index < -0.39 is 23.0 Å². The Morgan fingerprint density at radius 2 is 1.91 bits per heavy atom. The first-order chi connectivity index (χ1) is 16.1. The van der Waals surface area contributed by atoms with Gasteiger partial charge in [-0.15, -0.1) is 5.10 Å². The summed E-state index contributed by atoms with van der Waals surface area (Å²) in [6.07, 6.45) is 1.16. The van der Waals surface area contributed by atoms with Gasteiger partial charge in [0.25, 0.3) is 0 Å². The predicted octanol–water partition coefficient (Wildman–Crippen LogP) is 3.98. The normalized spacial score (nSPS) is 24.6. The van der Waals surface area contributed by atoms with Gasteiger partial charge in [0.2, 0.25) is 5.91 Å². The quantitative estimate of drug-likeness (QED) is 0.631. The molecular weight excluding hydrogens is 452 g/mol. The summed E-state index contributed by atoms with van der Waals surface area (Å²) in [5.74, 6) is -1.08. The number of tetrazole rings is 1. The van der Waals surface area contributed by atoms with Crippen molar-refractivity contribution >= 4 is 5.91 Å². The van der Waals surface area contributed by atoms with Crippen LogP contribution in [-0.2, 0) is 17.5 Å². The number of aromatic nitrogens is 4. The summed E-state index contributed by atoms with van der Waals surface area (Å²) in [5.41, 5.74) is -1.56. The molecule has 34 heavy (non-hydrogen) atoms. The van der Waals surface area contributed by atoms with Crippen molar-refractivity contribution < 1.29 is 22.4 Å². The maximum Gasteiger partial charge on any atom is 0.416 e. The molecule has 2 heterocycles. The molecule has 186 valence electrons. The SMILES string of the molecule is CC(C)[C@]1(C(=O)NCc2cc(F)cc(C(F)(F)F)c2)CC[C@@H](N2CCC(n3cnnn3)CC2)C1. The Balaban J connectivity index is 1.38. The van der Waals surface area contributed by atoms with Gasteiger partial charge in [-0.2, -0.15) is 13.2 Å². The number of rotatable bonds is 6. The summed E-state index contributed by atoms with van der Waals surface area (Å²) in [7, 11) is 0. The van der Waals surface area contributed by atoms with Crippen molar-refractivity contribution in [2.75, 3.05) is 13.1 Å². The average molecular weight is 483 g/mol. The van der Waals surface area contributed by atoms with Crippen molar-refractivity contribution in [3.8, 4) is 0 Å². The monoisotopic (exact) mass is 482 g/mol. The first-order valence-electron chi connectivity index (χ1n) is 11.7. The lowest BCUT2D eigenvalue weighted by atomic mass is 9.74. The summed E-state index contributed by atoms with van der Waals surface area (Å²) in [6.45, 7) is 5.67. The number of carbonyl (C=O) groups excluding carboxylic acids is 1. The highest BCUT2D eigenvalue weighted by Crippen LogP contribution is 2.47. The van der Waals surface area contributed by atoms with E-state index in [9.17, 15) is 22.4 Å². The van der Waals surface area contributed by atoms with Crippen molar-refractivity contribution in [1.29, 1.82) is 0 Å². The number of likely N-dealkylation sites (tertiary alicyclic amines) is 1. The van der Waals surface area contributed by atoms with Gasteiger partial charge < -0.3 is 10.2 Å². The van der Waals surface area contributed by atoms with Crippen LogP contribution in [0.15, 0.2) is 24.5 Å². The largest absolute Gasteiger partial charge is 0.416 e. The van der Waals surface area contributed by atoms with Crippen LogP contribution in [0, 0.1) is 17.2 Å². The number of benzene rings is 1. The third-order valence-electron chi connectivity index (χ3n) is 7.57. The number of alkyl halides is 3. The summed E-state index contributed by atoms with van der Waals surface area (Å²) in [6, 6.07) is 2.93. The number of hydrogen-bond donors (Lipinski definition) is 1. The van der Waals surface area contributed by atoms with E-state index >= 15 is 0 Å². The minimum Gasteiger partial charge on any atom is -0.352 e. The van der Waals surface area contributed by atoms with Crippen molar-refractivity contribution in [3.63, 3.8) is 0 Å².